The van der Waals surface area contributed by atoms with E-state index in [2.05, 4.69) is 32.0 Å². The van der Waals surface area contributed by atoms with Crippen LogP contribution in [-0.2, 0) is 16.3 Å². The van der Waals surface area contributed by atoms with Crippen LogP contribution in [-0.4, -0.2) is 26.0 Å². The molecule has 1 fully saturated rings. The highest BCUT2D eigenvalue weighted by atomic mass is 32.2. The van der Waals surface area contributed by atoms with Gasteiger partial charge in [0.25, 0.3) is 0 Å². The molecular formula is C14H21NO2S. The minimum Gasteiger partial charge on any atom is -0.327 e. The molecule has 18 heavy (non-hydrogen) atoms. The van der Waals surface area contributed by atoms with Gasteiger partial charge in [-0.25, -0.2) is 8.42 Å². The predicted molar refractivity (Wildman–Crippen MR) is 74.4 cm³/mol. The van der Waals surface area contributed by atoms with Crippen LogP contribution in [0, 0.1) is 19.8 Å². The van der Waals surface area contributed by atoms with E-state index >= 15 is 0 Å². The molecule has 0 saturated carbocycles. The van der Waals surface area contributed by atoms with Crippen molar-refractivity contribution in [1.29, 1.82) is 0 Å². The van der Waals surface area contributed by atoms with E-state index in [1.807, 2.05) is 0 Å². The second-order valence-electron chi connectivity index (χ2n) is 5.53. The lowest BCUT2D eigenvalue weighted by molar-refractivity contribution is 0.461. The summed E-state index contributed by atoms with van der Waals surface area (Å²) in [5.41, 5.74) is 9.85. The van der Waals surface area contributed by atoms with Crippen LogP contribution in [0.25, 0.3) is 0 Å². The molecule has 100 valence electrons. The summed E-state index contributed by atoms with van der Waals surface area (Å²) < 4.78 is 22.9. The van der Waals surface area contributed by atoms with Gasteiger partial charge in [0, 0.05) is 6.04 Å². The summed E-state index contributed by atoms with van der Waals surface area (Å²) >= 11 is 0. The summed E-state index contributed by atoms with van der Waals surface area (Å²) in [4.78, 5) is 0. The van der Waals surface area contributed by atoms with Crippen LogP contribution in [0.4, 0.5) is 0 Å². The molecule has 0 radical (unpaired) electrons. The van der Waals surface area contributed by atoms with Gasteiger partial charge >= 0.3 is 0 Å². The van der Waals surface area contributed by atoms with Crippen molar-refractivity contribution < 1.29 is 8.42 Å². The second kappa shape index (κ2) is 5.02. The Hall–Kier alpha value is -0.870. The maximum Gasteiger partial charge on any atom is 0.150 e. The van der Waals surface area contributed by atoms with Crippen LogP contribution >= 0.6 is 0 Å². The van der Waals surface area contributed by atoms with Crippen LogP contribution < -0.4 is 5.73 Å². The van der Waals surface area contributed by atoms with E-state index in [1.54, 1.807) is 0 Å². The minimum atomic E-state index is -2.83. The molecule has 2 rings (SSSR count). The minimum absolute atomic E-state index is 0.0523. The molecule has 0 aliphatic carbocycles. The molecule has 4 heteroatoms. The predicted octanol–water partition coefficient (Wildman–Crippen LogP) is 1.61. The van der Waals surface area contributed by atoms with Crippen LogP contribution in [0.2, 0.25) is 0 Å². The highest BCUT2D eigenvalue weighted by Crippen LogP contribution is 2.23. The Labute approximate surface area is 109 Å². The first-order chi connectivity index (χ1) is 8.35. The molecule has 1 aliphatic heterocycles. The Morgan fingerprint density at radius 1 is 1.28 bits per heavy atom. The van der Waals surface area contributed by atoms with Gasteiger partial charge in [-0.15, -0.1) is 0 Å². The van der Waals surface area contributed by atoms with Crippen molar-refractivity contribution >= 4 is 9.84 Å². The number of benzene rings is 1. The summed E-state index contributed by atoms with van der Waals surface area (Å²) in [5, 5.41) is 0. The molecule has 0 spiro atoms. The van der Waals surface area contributed by atoms with Gasteiger partial charge in [-0.2, -0.15) is 0 Å². The van der Waals surface area contributed by atoms with Gasteiger partial charge in [0.2, 0.25) is 0 Å². The van der Waals surface area contributed by atoms with Gasteiger partial charge in [0.15, 0.2) is 9.84 Å². The third-order valence-corrected chi connectivity index (χ3v) is 5.42. The molecule has 2 unspecified atom stereocenters. The lowest BCUT2D eigenvalue weighted by atomic mass is 9.92. The first-order valence-electron chi connectivity index (χ1n) is 6.39. The van der Waals surface area contributed by atoms with Gasteiger partial charge in [-0.3, -0.25) is 0 Å². The fourth-order valence-electron chi connectivity index (χ4n) is 2.79. The van der Waals surface area contributed by atoms with Gasteiger partial charge < -0.3 is 5.73 Å². The van der Waals surface area contributed by atoms with Crippen LogP contribution in [0.15, 0.2) is 18.2 Å². The average Bonchev–Trinajstić information content (AvgIpc) is 2.57. The smallest absolute Gasteiger partial charge is 0.150 e. The Kier molecular flexibility index (Phi) is 3.78. The second-order valence-corrected chi connectivity index (χ2v) is 7.76. The van der Waals surface area contributed by atoms with Gasteiger partial charge in [0.05, 0.1) is 11.5 Å². The monoisotopic (exact) mass is 267 g/mol. The standard InChI is InChI=1S/C14H21NO2S/c1-10-5-11(2)7-12(6-10)8-14(15)13-3-4-18(16,17)9-13/h5-7,13-14H,3-4,8-9,15H2,1-2H3. The fraction of sp³-hybridized carbons (Fsp3) is 0.571. The van der Waals surface area contributed by atoms with Gasteiger partial charge in [-0.1, -0.05) is 29.3 Å². The average molecular weight is 267 g/mol. The lowest BCUT2D eigenvalue weighted by Crippen LogP contribution is -2.33. The van der Waals surface area contributed by atoms with E-state index in [9.17, 15) is 8.42 Å². The summed E-state index contributed by atoms with van der Waals surface area (Å²) in [6, 6.07) is 6.35. The van der Waals surface area contributed by atoms with Crippen molar-refractivity contribution in [3.63, 3.8) is 0 Å². The number of aryl methyl sites for hydroxylation is 2. The number of sulfone groups is 1. The first-order valence-corrected chi connectivity index (χ1v) is 8.21. The quantitative estimate of drug-likeness (QED) is 0.905. The summed E-state index contributed by atoms with van der Waals surface area (Å²) in [6.45, 7) is 4.14. The lowest BCUT2D eigenvalue weighted by Gasteiger charge is -2.18. The van der Waals surface area contributed by atoms with Crippen molar-refractivity contribution in [2.75, 3.05) is 11.5 Å². The normalized spacial score (nSPS) is 24.1. The van der Waals surface area contributed by atoms with E-state index in [4.69, 9.17) is 5.73 Å². The SMILES string of the molecule is Cc1cc(C)cc(CC(N)C2CCS(=O)(=O)C2)c1. The Morgan fingerprint density at radius 2 is 1.89 bits per heavy atom. The Balaban J connectivity index is 2.05. The summed E-state index contributed by atoms with van der Waals surface area (Å²) in [5.74, 6) is 0.688. The number of rotatable bonds is 3. The molecule has 1 aromatic rings. The van der Waals surface area contributed by atoms with Gasteiger partial charge in [0.1, 0.15) is 0 Å². The molecule has 2 atom stereocenters. The van der Waals surface area contributed by atoms with E-state index in [0.29, 0.717) is 12.2 Å². The maximum absolute atomic E-state index is 11.5. The van der Waals surface area contributed by atoms with Gasteiger partial charge in [-0.05, 0) is 38.2 Å². The molecule has 0 bridgehead atoms. The van der Waals surface area contributed by atoms with Crippen LogP contribution in [0.3, 0.4) is 0 Å². The molecule has 1 heterocycles. The molecular weight excluding hydrogens is 246 g/mol. The molecule has 1 saturated heterocycles. The van der Waals surface area contributed by atoms with Crippen molar-refractivity contribution in [2.24, 2.45) is 11.7 Å². The zero-order chi connectivity index (χ0) is 13.3. The molecule has 0 amide bonds. The number of nitrogens with two attached hydrogens (primary N) is 1. The molecule has 0 aromatic heterocycles. The van der Waals surface area contributed by atoms with Crippen LogP contribution in [0.5, 0.6) is 0 Å². The highest BCUT2D eigenvalue weighted by Gasteiger charge is 2.31. The van der Waals surface area contributed by atoms with E-state index in [1.165, 1.54) is 16.7 Å². The van der Waals surface area contributed by atoms with E-state index in [0.717, 1.165) is 6.42 Å². The largest absolute Gasteiger partial charge is 0.327 e. The van der Waals surface area contributed by atoms with Crippen molar-refractivity contribution in [1.82, 2.24) is 0 Å². The third kappa shape index (κ3) is 3.33. The highest BCUT2D eigenvalue weighted by molar-refractivity contribution is 7.91. The fourth-order valence-corrected chi connectivity index (χ4v) is 4.68. The zero-order valence-electron chi connectivity index (χ0n) is 11.0. The summed E-state index contributed by atoms with van der Waals surface area (Å²) in [6.07, 6.45) is 1.48. The molecule has 3 nitrogen and oxygen atoms in total. The molecule has 1 aromatic carbocycles. The number of hydrogen-bond donors (Lipinski definition) is 1. The summed E-state index contributed by atoms with van der Waals surface area (Å²) in [7, 11) is -2.83. The Morgan fingerprint density at radius 3 is 2.39 bits per heavy atom. The van der Waals surface area contributed by atoms with E-state index < -0.39 is 9.84 Å². The molecule has 1 aliphatic rings. The number of hydrogen-bond acceptors (Lipinski definition) is 3. The van der Waals surface area contributed by atoms with Crippen molar-refractivity contribution in [3.8, 4) is 0 Å². The first kappa shape index (κ1) is 13.6. The molecule has 2 N–H and O–H groups in total. The van der Waals surface area contributed by atoms with Crippen LogP contribution in [0.1, 0.15) is 23.1 Å². The Bertz CT molecular complexity index is 516. The van der Waals surface area contributed by atoms with E-state index in [-0.39, 0.29) is 17.7 Å². The third-order valence-electron chi connectivity index (χ3n) is 3.63. The zero-order valence-corrected chi connectivity index (χ0v) is 11.8. The topological polar surface area (TPSA) is 60.2 Å². The van der Waals surface area contributed by atoms with Crippen molar-refractivity contribution in [2.45, 2.75) is 32.7 Å². The van der Waals surface area contributed by atoms with Crippen molar-refractivity contribution in [3.05, 3.63) is 34.9 Å². The maximum atomic E-state index is 11.5.